The molecular weight excluding hydrogens is 481 g/mol. The van der Waals surface area contributed by atoms with Crippen LogP contribution < -0.4 is 9.64 Å². The molecule has 3 aliphatic rings. The van der Waals surface area contributed by atoms with Gasteiger partial charge >= 0.3 is 6.09 Å². The number of amides is 1. The predicted octanol–water partition coefficient (Wildman–Crippen LogP) is 5.94. The second kappa shape index (κ2) is 10.8. The molecule has 0 spiro atoms. The van der Waals surface area contributed by atoms with Crippen molar-refractivity contribution in [1.29, 1.82) is 0 Å². The molecule has 37 heavy (non-hydrogen) atoms. The van der Waals surface area contributed by atoms with E-state index in [4.69, 9.17) is 9.47 Å². The van der Waals surface area contributed by atoms with E-state index in [-0.39, 0.29) is 24.3 Å². The van der Waals surface area contributed by atoms with Crippen LogP contribution in [0.1, 0.15) is 18.4 Å². The van der Waals surface area contributed by atoms with Gasteiger partial charge in [-0.3, -0.25) is 4.90 Å². The Labute approximate surface area is 214 Å². The summed E-state index contributed by atoms with van der Waals surface area (Å²) in [4.78, 5) is 14.6. The summed E-state index contributed by atoms with van der Waals surface area (Å²) in [5, 5.41) is 0. The molecule has 3 aromatic carbocycles. The zero-order valence-electron chi connectivity index (χ0n) is 20.5. The molecule has 1 atom stereocenters. The van der Waals surface area contributed by atoms with Gasteiger partial charge in [0.1, 0.15) is 31.3 Å². The predicted molar refractivity (Wildman–Crippen MR) is 134 cm³/mol. The van der Waals surface area contributed by atoms with E-state index in [0.717, 1.165) is 59.7 Å². The van der Waals surface area contributed by atoms with Crippen molar-refractivity contribution in [1.82, 2.24) is 0 Å². The van der Waals surface area contributed by atoms with E-state index in [1.807, 2.05) is 30.3 Å². The molecule has 8 heteroatoms. The first-order valence-electron chi connectivity index (χ1n) is 12.6. The number of carbonyl (C=O) groups excluding carboxylic acids is 1. The lowest BCUT2D eigenvalue weighted by Gasteiger charge is -2.52. The van der Waals surface area contributed by atoms with Crippen LogP contribution in [0.15, 0.2) is 72.8 Å². The number of nitrogens with zero attached hydrogens (tertiary/aromatic N) is 2. The van der Waals surface area contributed by atoms with Gasteiger partial charge < -0.3 is 14.0 Å². The Bertz CT molecular complexity index is 1230. The average molecular weight is 512 g/mol. The zero-order valence-corrected chi connectivity index (χ0v) is 20.5. The molecule has 6 rings (SSSR count). The van der Waals surface area contributed by atoms with Gasteiger partial charge in [0.15, 0.2) is 17.7 Å². The smallest absolute Gasteiger partial charge is 0.415 e. The summed E-state index contributed by atoms with van der Waals surface area (Å²) in [5.41, 5.74) is 0.355. The highest BCUT2D eigenvalue weighted by atomic mass is 19.2. The molecule has 3 aromatic rings. The third-order valence-corrected chi connectivity index (χ3v) is 7.56. The highest BCUT2D eigenvalue weighted by Gasteiger charge is 2.48. The average Bonchev–Trinajstić information content (AvgIpc) is 2.91. The summed E-state index contributed by atoms with van der Waals surface area (Å²) in [5.74, 6) is -1.54. The van der Waals surface area contributed by atoms with Crippen LogP contribution in [-0.4, -0.2) is 49.5 Å². The number of para-hydroxylation sites is 2. The van der Waals surface area contributed by atoms with Crippen molar-refractivity contribution in [2.45, 2.75) is 25.5 Å². The van der Waals surface area contributed by atoms with Gasteiger partial charge in [0.05, 0.1) is 25.3 Å². The minimum atomic E-state index is -1.03. The SMILES string of the molecule is O=C(OC1C[N+]2(CCOc3ccccc3)CCC1CC2)N(Cc1ccc(F)c(F)c1)c1ccccc1F. The van der Waals surface area contributed by atoms with Crippen molar-refractivity contribution in [3.05, 3.63) is 95.8 Å². The minimum Gasteiger partial charge on any atom is -0.488 e. The van der Waals surface area contributed by atoms with Gasteiger partial charge in [-0.2, -0.15) is 0 Å². The molecule has 194 valence electrons. The lowest BCUT2D eigenvalue weighted by molar-refractivity contribution is -0.946. The number of quaternary nitrogens is 1. The van der Waals surface area contributed by atoms with Crippen LogP contribution in [0, 0.1) is 23.4 Å². The number of fused-ring (bicyclic) bond motifs is 3. The Balaban J connectivity index is 1.29. The molecule has 0 saturated carbocycles. The van der Waals surface area contributed by atoms with Gasteiger partial charge in [-0.1, -0.05) is 36.4 Å². The Morgan fingerprint density at radius 3 is 2.35 bits per heavy atom. The second-order valence-corrected chi connectivity index (χ2v) is 9.90. The molecule has 5 nitrogen and oxygen atoms in total. The molecular formula is C29H30F3N2O3+. The summed E-state index contributed by atoms with van der Waals surface area (Å²) in [7, 11) is 0. The van der Waals surface area contributed by atoms with Crippen molar-refractivity contribution < 1.29 is 31.9 Å². The topological polar surface area (TPSA) is 38.8 Å². The van der Waals surface area contributed by atoms with Crippen molar-refractivity contribution >= 4 is 11.8 Å². The summed E-state index contributed by atoms with van der Waals surface area (Å²) >= 11 is 0. The monoisotopic (exact) mass is 511 g/mol. The van der Waals surface area contributed by atoms with Gasteiger partial charge in [-0.15, -0.1) is 0 Å². The molecule has 3 heterocycles. The van der Waals surface area contributed by atoms with Gasteiger partial charge in [0.2, 0.25) is 0 Å². The van der Waals surface area contributed by atoms with Crippen LogP contribution in [-0.2, 0) is 11.3 Å². The number of piperidine rings is 3. The van der Waals surface area contributed by atoms with E-state index >= 15 is 0 Å². The third-order valence-electron chi connectivity index (χ3n) is 7.56. The van der Waals surface area contributed by atoms with Crippen LogP contribution in [0.3, 0.4) is 0 Å². The van der Waals surface area contributed by atoms with E-state index in [1.165, 1.54) is 24.3 Å². The summed E-state index contributed by atoms with van der Waals surface area (Å²) in [6, 6.07) is 18.9. The fourth-order valence-corrected chi connectivity index (χ4v) is 5.48. The number of ether oxygens (including phenoxy) is 2. The lowest BCUT2D eigenvalue weighted by Crippen LogP contribution is -2.65. The minimum absolute atomic E-state index is 0.0265. The van der Waals surface area contributed by atoms with E-state index in [9.17, 15) is 18.0 Å². The molecule has 0 aliphatic carbocycles. The van der Waals surface area contributed by atoms with E-state index in [1.54, 1.807) is 6.07 Å². The number of hydrogen-bond acceptors (Lipinski definition) is 3. The Hall–Kier alpha value is -3.52. The van der Waals surface area contributed by atoms with E-state index in [2.05, 4.69) is 0 Å². The Morgan fingerprint density at radius 1 is 0.892 bits per heavy atom. The van der Waals surface area contributed by atoms with Gasteiger partial charge in [0.25, 0.3) is 0 Å². The fraction of sp³-hybridized carbons (Fsp3) is 0.345. The summed E-state index contributed by atoms with van der Waals surface area (Å²) in [6.07, 6.45) is 0.858. The standard InChI is InChI=1S/C29H30F3N2O3/c30-24-11-10-21(18-26(24)32)19-33(27-9-5-4-8-25(27)31)29(35)37-28-20-34(14-12-22(28)13-15-34)16-17-36-23-6-2-1-3-7-23/h1-11,18,22,28H,12-17,19-20H2/q+1. The number of halogens is 3. The summed E-state index contributed by atoms with van der Waals surface area (Å²) < 4.78 is 54.8. The van der Waals surface area contributed by atoms with Crippen molar-refractivity contribution in [2.24, 2.45) is 5.92 Å². The zero-order chi connectivity index (χ0) is 25.8. The first-order valence-corrected chi connectivity index (χ1v) is 12.6. The third kappa shape index (κ3) is 5.74. The maximum Gasteiger partial charge on any atom is 0.415 e. The van der Waals surface area contributed by atoms with E-state index < -0.39 is 23.5 Å². The molecule has 1 unspecified atom stereocenters. The van der Waals surface area contributed by atoms with Crippen molar-refractivity contribution in [3.8, 4) is 5.75 Å². The number of hydrogen-bond donors (Lipinski definition) is 0. The first kappa shape index (κ1) is 25.1. The highest BCUT2D eigenvalue weighted by molar-refractivity contribution is 5.87. The van der Waals surface area contributed by atoms with Crippen LogP contribution >= 0.6 is 0 Å². The fourth-order valence-electron chi connectivity index (χ4n) is 5.48. The number of rotatable bonds is 8. The Kier molecular flexibility index (Phi) is 7.37. The number of benzene rings is 3. The maximum atomic E-state index is 14.7. The molecule has 3 aliphatic heterocycles. The summed E-state index contributed by atoms with van der Waals surface area (Å²) in [6.45, 7) is 3.89. The normalized spacial score (nSPS) is 22.5. The van der Waals surface area contributed by atoms with Crippen molar-refractivity contribution in [3.63, 3.8) is 0 Å². The van der Waals surface area contributed by atoms with Crippen LogP contribution in [0.4, 0.5) is 23.7 Å². The van der Waals surface area contributed by atoms with Crippen LogP contribution in [0.5, 0.6) is 5.75 Å². The van der Waals surface area contributed by atoms with Crippen molar-refractivity contribution in [2.75, 3.05) is 37.7 Å². The van der Waals surface area contributed by atoms with Gasteiger partial charge in [-0.25, -0.2) is 18.0 Å². The first-order chi connectivity index (χ1) is 17.9. The van der Waals surface area contributed by atoms with E-state index in [0.29, 0.717) is 18.7 Å². The lowest BCUT2D eigenvalue weighted by atomic mass is 9.83. The van der Waals surface area contributed by atoms with Crippen LogP contribution in [0.2, 0.25) is 0 Å². The molecule has 3 fully saturated rings. The Morgan fingerprint density at radius 2 is 1.62 bits per heavy atom. The van der Waals surface area contributed by atoms with Crippen LogP contribution in [0.25, 0.3) is 0 Å². The molecule has 0 N–H and O–H groups in total. The maximum absolute atomic E-state index is 14.7. The van der Waals surface area contributed by atoms with Gasteiger partial charge in [0, 0.05) is 18.8 Å². The molecule has 3 saturated heterocycles. The van der Waals surface area contributed by atoms with Gasteiger partial charge in [-0.05, 0) is 42.0 Å². The molecule has 1 amide bonds. The molecule has 0 radical (unpaired) electrons. The number of carbonyl (C=O) groups is 1. The second-order valence-electron chi connectivity index (χ2n) is 9.90. The molecule has 0 aromatic heterocycles. The largest absolute Gasteiger partial charge is 0.488 e. The number of anilines is 1. The highest BCUT2D eigenvalue weighted by Crippen LogP contribution is 2.36. The molecule has 2 bridgehead atoms. The quantitative estimate of drug-likeness (QED) is 0.352.